The minimum absolute atomic E-state index is 0.247. The third-order valence-electron chi connectivity index (χ3n) is 3.05. The van der Waals surface area contributed by atoms with Crippen molar-refractivity contribution in [3.05, 3.63) is 29.8 Å². The molecule has 17 heavy (non-hydrogen) atoms. The minimum atomic E-state index is 0.247. The first-order chi connectivity index (χ1) is 8.33. The lowest BCUT2D eigenvalue weighted by Gasteiger charge is -2.27. The van der Waals surface area contributed by atoms with E-state index in [4.69, 9.17) is 9.47 Å². The predicted molar refractivity (Wildman–Crippen MR) is 68.4 cm³/mol. The fraction of sp³-hybridized carbons (Fsp3) is 0.571. The maximum absolute atomic E-state index is 5.73. The Hall–Kier alpha value is -1.06. The third-order valence-corrected chi connectivity index (χ3v) is 3.05. The highest BCUT2D eigenvalue weighted by atomic mass is 16.6. The van der Waals surface area contributed by atoms with E-state index in [1.54, 1.807) is 0 Å². The molecular formula is C14H21NO2. The summed E-state index contributed by atoms with van der Waals surface area (Å²) in [6.45, 7) is 6.77. The monoisotopic (exact) mass is 235 g/mol. The molecule has 0 aliphatic carbocycles. The molecule has 1 saturated heterocycles. The first kappa shape index (κ1) is 12.4. The van der Waals surface area contributed by atoms with Crippen LogP contribution in [0.25, 0.3) is 0 Å². The van der Waals surface area contributed by atoms with Crippen LogP contribution in [0.15, 0.2) is 24.3 Å². The fourth-order valence-corrected chi connectivity index (χ4v) is 2.00. The van der Waals surface area contributed by atoms with Gasteiger partial charge in [0, 0.05) is 6.04 Å². The number of benzene rings is 1. The van der Waals surface area contributed by atoms with Crippen LogP contribution in [0.3, 0.4) is 0 Å². The smallest absolute Gasteiger partial charge is 0.145 e. The molecule has 1 fully saturated rings. The molecule has 1 aliphatic rings. The van der Waals surface area contributed by atoms with Crippen LogP contribution in [-0.2, 0) is 4.74 Å². The molecule has 0 amide bonds. The van der Waals surface area contributed by atoms with Gasteiger partial charge < -0.3 is 14.8 Å². The van der Waals surface area contributed by atoms with Gasteiger partial charge in [-0.15, -0.1) is 0 Å². The zero-order chi connectivity index (χ0) is 12.1. The number of rotatable bonds is 6. The van der Waals surface area contributed by atoms with Gasteiger partial charge in [-0.3, -0.25) is 0 Å². The van der Waals surface area contributed by atoms with E-state index in [0.717, 1.165) is 31.9 Å². The van der Waals surface area contributed by atoms with Crippen LogP contribution < -0.4 is 10.1 Å². The van der Waals surface area contributed by atoms with Gasteiger partial charge in [0.15, 0.2) is 0 Å². The molecule has 0 radical (unpaired) electrons. The van der Waals surface area contributed by atoms with E-state index < -0.39 is 0 Å². The Labute approximate surface area is 103 Å². The van der Waals surface area contributed by atoms with Crippen molar-refractivity contribution < 1.29 is 9.47 Å². The lowest BCUT2D eigenvalue weighted by atomic mass is 10.0. The average Bonchev–Trinajstić information content (AvgIpc) is 2.32. The zero-order valence-corrected chi connectivity index (χ0v) is 10.6. The largest absolute Gasteiger partial charge is 0.486 e. The van der Waals surface area contributed by atoms with Crippen molar-refractivity contribution in [3.8, 4) is 5.75 Å². The summed E-state index contributed by atoms with van der Waals surface area (Å²) >= 11 is 0. The van der Waals surface area contributed by atoms with Crippen LogP contribution >= 0.6 is 0 Å². The Kier molecular flexibility index (Phi) is 4.40. The van der Waals surface area contributed by atoms with Gasteiger partial charge in [-0.05, 0) is 30.7 Å². The Morgan fingerprint density at radius 2 is 2.00 bits per heavy atom. The number of nitrogens with one attached hydrogen (secondary N) is 1. The number of hydrogen-bond donors (Lipinski definition) is 1. The number of hydrogen-bond acceptors (Lipinski definition) is 3. The maximum atomic E-state index is 5.73. The summed E-state index contributed by atoms with van der Waals surface area (Å²) in [5.74, 6) is 0.938. The van der Waals surface area contributed by atoms with Gasteiger partial charge in [0.2, 0.25) is 0 Å². The molecule has 1 heterocycles. The Morgan fingerprint density at radius 3 is 2.47 bits per heavy atom. The summed E-state index contributed by atoms with van der Waals surface area (Å²) < 4.78 is 10.8. The van der Waals surface area contributed by atoms with Crippen molar-refractivity contribution in [2.75, 3.05) is 19.8 Å². The molecule has 1 N–H and O–H groups in total. The first-order valence-corrected chi connectivity index (χ1v) is 6.41. The maximum Gasteiger partial charge on any atom is 0.145 e. The molecule has 1 unspecified atom stereocenters. The Bertz CT molecular complexity index is 333. The van der Waals surface area contributed by atoms with Crippen molar-refractivity contribution >= 4 is 0 Å². The quantitative estimate of drug-likeness (QED) is 0.822. The lowest BCUT2D eigenvalue weighted by molar-refractivity contribution is -0.0796. The molecule has 2 rings (SSSR count). The standard InChI is InChI=1S/C14H21NO2/c1-3-14(15-4-2)11-5-7-12(8-6-11)17-13-9-16-10-13/h5-8,13-15H,3-4,9-10H2,1-2H3. The van der Waals surface area contributed by atoms with Crippen molar-refractivity contribution in [1.29, 1.82) is 0 Å². The fourth-order valence-electron chi connectivity index (χ4n) is 2.00. The molecule has 0 saturated carbocycles. The van der Waals surface area contributed by atoms with Crippen molar-refractivity contribution in [2.45, 2.75) is 32.4 Å². The van der Waals surface area contributed by atoms with Crippen LogP contribution in [-0.4, -0.2) is 25.9 Å². The molecule has 1 aromatic rings. The number of ether oxygens (including phenoxy) is 2. The van der Waals surface area contributed by atoms with E-state index in [9.17, 15) is 0 Å². The van der Waals surface area contributed by atoms with Gasteiger partial charge >= 0.3 is 0 Å². The lowest BCUT2D eigenvalue weighted by Crippen LogP contribution is -2.38. The first-order valence-electron chi connectivity index (χ1n) is 6.41. The Balaban J connectivity index is 1.95. The molecule has 3 nitrogen and oxygen atoms in total. The summed E-state index contributed by atoms with van der Waals surface area (Å²) in [7, 11) is 0. The van der Waals surface area contributed by atoms with E-state index >= 15 is 0 Å². The third kappa shape index (κ3) is 3.20. The van der Waals surface area contributed by atoms with Crippen molar-refractivity contribution in [1.82, 2.24) is 5.32 Å². The van der Waals surface area contributed by atoms with Crippen molar-refractivity contribution in [2.24, 2.45) is 0 Å². The van der Waals surface area contributed by atoms with E-state index in [-0.39, 0.29) is 6.10 Å². The van der Waals surface area contributed by atoms with Crippen molar-refractivity contribution in [3.63, 3.8) is 0 Å². The summed E-state index contributed by atoms with van der Waals surface area (Å²) in [5.41, 5.74) is 1.33. The molecule has 1 atom stereocenters. The topological polar surface area (TPSA) is 30.5 Å². The second kappa shape index (κ2) is 6.03. The zero-order valence-electron chi connectivity index (χ0n) is 10.6. The molecule has 3 heteroatoms. The van der Waals surface area contributed by atoms with E-state index in [1.165, 1.54) is 5.56 Å². The van der Waals surface area contributed by atoms with E-state index in [2.05, 4.69) is 31.3 Å². The molecule has 94 valence electrons. The van der Waals surface area contributed by atoms with Crippen LogP contribution in [0, 0.1) is 0 Å². The van der Waals surface area contributed by atoms with Crippen LogP contribution in [0.4, 0.5) is 0 Å². The highest BCUT2D eigenvalue weighted by Gasteiger charge is 2.20. The minimum Gasteiger partial charge on any atom is -0.486 e. The summed E-state index contributed by atoms with van der Waals surface area (Å²) in [6, 6.07) is 8.83. The van der Waals surface area contributed by atoms with E-state index in [0.29, 0.717) is 6.04 Å². The highest BCUT2D eigenvalue weighted by Crippen LogP contribution is 2.21. The molecule has 0 spiro atoms. The van der Waals surface area contributed by atoms with Gasteiger partial charge in [0.05, 0.1) is 13.2 Å². The van der Waals surface area contributed by atoms with Gasteiger partial charge in [0.1, 0.15) is 11.9 Å². The van der Waals surface area contributed by atoms with Gasteiger partial charge in [-0.1, -0.05) is 26.0 Å². The Morgan fingerprint density at radius 1 is 1.29 bits per heavy atom. The summed E-state index contributed by atoms with van der Waals surface area (Å²) in [6.07, 6.45) is 1.35. The molecule has 0 aromatic heterocycles. The van der Waals surface area contributed by atoms with Gasteiger partial charge in [-0.25, -0.2) is 0 Å². The van der Waals surface area contributed by atoms with Crippen LogP contribution in [0.5, 0.6) is 5.75 Å². The molecule has 1 aliphatic heterocycles. The van der Waals surface area contributed by atoms with Gasteiger partial charge in [0.25, 0.3) is 0 Å². The predicted octanol–water partition coefficient (Wildman–Crippen LogP) is 2.52. The molecule has 1 aromatic carbocycles. The van der Waals surface area contributed by atoms with E-state index in [1.807, 2.05) is 12.1 Å². The molecular weight excluding hydrogens is 214 g/mol. The summed E-state index contributed by atoms with van der Waals surface area (Å²) in [5, 5.41) is 3.47. The highest BCUT2D eigenvalue weighted by molar-refractivity contribution is 5.29. The second-order valence-electron chi connectivity index (χ2n) is 4.36. The van der Waals surface area contributed by atoms with Crippen LogP contribution in [0.1, 0.15) is 31.9 Å². The average molecular weight is 235 g/mol. The molecule has 0 bridgehead atoms. The second-order valence-corrected chi connectivity index (χ2v) is 4.36. The van der Waals surface area contributed by atoms with Crippen LogP contribution in [0.2, 0.25) is 0 Å². The summed E-state index contributed by atoms with van der Waals surface area (Å²) in [4.78, 5) is 0. The SMILES string of the molecule is CCNC(CC)c1ccc(OC2COC2)cc1. The normalized spacial score (nSPS) is 17.5. The van der Waals surface area contributed by atoms with Gasteiger partial charge in [-0.2, -0.15) is 0 Å².